The molecule has 1 unspecified atom stereocenters. The van der Waals surface area contributed by atoms with E-state index in [4.69, 9.17) is 15.5 Å². The number of pyridine rings is 1. The summed E-state index contributed by atoms with van der Waals surface area (Å²) >= 11 is 1.34. The molecule has 74 valence electrons. The van der Waals surface area contributed by atoms with Crippen molar-refractivity contribution < 1.29 is 10.2 Å². The molecule has 5 heteroatoms. The summed E-state index contributed by atoms with van der Waals surface area (Å²) in [5.41, 5.74) is 0.511. The van der Waals surface area contributed by atoms with Gasteiger partial charge in [0.25, 0.3) is 0 Å². The van der Waals surface area contributed by atoms with Crippen LogP contribution in [0.5, 0.6) is 0 Å². The molecule has 0 saturated heterocycles. The van der Waals surface area contributed by atoms with Crippen LogP contribution >= 0.6 is 11.8 Å². The average molecular weight is 210 g/mol. The van der Waals surface area contributed by atoms with Crippen molar-refractivity contribution >= 4 is 11.8 Å². The van der Waals surface area contributed by atoms with Crippen LogP contribution < -0.4 is 0 Å². The molecule has 0 aliphatic rings. The van der Waals surface area contributed by atoms with E-state index in [0.29, 0.717) is 11.3 Å². The minimum absolute atomic E-state index is 0.247. The Morgan fingerprint density at radius 3 is 2.86 bits per heavy atom. The number of thioether (sulfide) groups is 1. The van der Waals surface area contributed by atoms with E-state index in [1.807, 2.05) is 6.07 Å². The molecule has 1 aromatic heterocycles. The molecule has 2 N–H and O–H groups in total. The largest absolute Gasteiger partial charge is 0.394 e. The second-order valence-electron chi connectivity index (χ2n) is 2.64. The van der Waals surface area contributed by atoms with Crippen molar-refractivity contribution in [3.05, 3.63) is 23.9 Å². The summed E-state index contributed by atoms with van der Waals surface area (Å²) in [6, 6.07) is 5.35. The first-order chi connectivity index (χ1) is 6.76. The summed E-state index contributed by atoms with van der Waals surface area (Å²) in [6.45, 7) is -0.247. The SMILES string of the molecule is N#Cc1ccc(SCC(O)CO)nc1. The first-order valence-corrected chi connectivity index (χ1v) is 5.02. The lowest BCUT2D eigenvalue weighted by Crippen LogP contribution is -2.14. The van der Waals surface area contributed by atoms with Crippen LogP contribution in [0, 0.1) is 11.3 Å². The van der Waals surface area contributed by atoms with Gasteiger partial charge in [-0.1, -0.05) is 0 Å². The Hall–Kier alpha value is -1.09. The highest BCUT2D eigenvalue weighted by Crippen LogP contribution is 2.15. The van der Waals surface area contributed by atoms with Crippen LogP contribution in [0.4, 0.5) is 0 Å². The van der Waals surface area contributed by atoms with E-state index in [-0.39, 0.29) is 6.61 Å². The molecule has 1 atom stereocenters. The second kappa shape index (κ2) is 5.60. The van der Waals surface area contributed by atoms with Gasteiger partial charge >= 0.3 is 0 Å². The summed E-state index contributed by atoms with van der Waals surface area (Å²) in [6.07, 6.45) is 0.755. The fourth-order valence-electron chi connectivity index (χ4n) is 0.766. The Balaban J connectivity index is 2.49. The molecule has 0 amide bonds. The first-order valence-electron chi connectivity index (χ1n) is 4.04. The molecule has 1 rings (SSSR count). The van der Waals surface area contributed by atoms with E-state index in [2.05, 4.69) is 4.98 Å². The zero-order valence-corrected chi connectivity index (χ0v) is 8.24. The number of aromatic nitrogens is 1. The van der Waals surface area contributed by atoms with Gasteiger partial charge < -0.3 is 10.2 Å². The standard InChI is InChI=1S/C9H10N2O2S/c10-3-7-1-2-9(11-4-7)14-6-8(13)5-12/h1-2,4,8,12-13H,5-6H2. The third-order valence-electron chi connectivity index (χ3n) is 1.50. The van der Waals surface area contributed by atoms with Crippen molar-refractivity contribution in [3.63, 3.8) is 0 Å². The highest BCUT2D eigenvalue weighted by molar-refractivity contribution is 7.99. The number of hydrogen-bond acceptors (Lipinski definition) is 5. The predicted molar refractivity (Wildman–Crippen MR) is 52.8 cm³/mol. The van der Waals surface area contributed by atoms with E-state index >= 15 is 0 Å². The minimum Gasteiger partial charge on any atom is -0.394 e. The highest BCUT2D eigenvalue weighted by Gasteiger charge is 2.03. The Kier molecular flexibility index (Phi) is 4.40. The number of hydrogen-bond donors (Lipinski definition) is 2. The molecule has 1 aromatic rings. The van der Waals surface area contributed by atoms with E-state index < -0.39 is 6.10 Å². The molecule has 0 saturated carbocycles. The zero-order chi connectivity index (χ0) is 10.4. The van der Waals surface area contributed by atoms with Crippen LogP contribution in [0.2, 0.25) is 0 Å². The van der Waals surface area contributed by atoms with Crippen LogP contribution in [0.1, 0.15) is 5.56 Å². The van der Waals surface area contributed by atoms with Gasteiger partial charge in [0.1, 0.15) is 6.07 Å². The Morgan fingerprint density at radius 2 is 2.36 bits per heavy atom. The van der Waals surface area contributed by atoms with Crippen LogP contribution in [-0.4, -0.2) is 33.7 Å². The molecule has 0 bridgehead atoms. The Bertz CT molecular complexity index is 321. The molecule has 1 heterocycles. The lowest BCUT2D eigenvalue weighted by Gasteiger charge is -2.05. The number of rotatable bonds is 4. The van der Waals surface area contributed by atoms with Crippen molar-refractivity contribution in [3.8, 4) is 6.07 Å². The highest BCUT2D eigenvalue weighted by atomic mass is 32.2. The molecule has 4 nitrogen and oxygen atoms in total. The zero-order valence-electron chi connectivity index (χ0n) is 7.42. The van der Waals surface area contributed by atoms with Gasteiger partial charge in [-0.3, -0.25) is 0 Å². The summed E-state index contributed by atoms with van der Waals surface area (Å²) in [5.74, 6) is 0.398. The van der Waals surface area contributed by atoms with Crippen molar-refractivity contribution in [1.29, 1.82) is 5.26 Å². The number of nitriles is 1. The molecule has 0 aliphatic heterocycles. The van der Waals surface area contributed by atoms with Gasteiger partial charge in [0, 0.05) is 11.9 Å². The third-order valence-corrected chi connectivity index (χ3v) is 2.59. The average Bonchev–Trinajstić information content (AvgIpc) is 2.26. The van der Waals surface area contributed by atoms with Crippen LogP contribution in [0.25, 0.3) is 0 Å². The molecule has 0 radical (unpaired) electrons. The maximum absolute atomic E-state index is 9.07. The summed E-state index contributed by atoms with van der Waals surface area (Å²) in [5, 5.41) is 26.9. The lowest BCUT2D eigenvalue weighted by molar-refractivity contribution is 0.113. The van der Waals surface area contributed by atoms with E-state index in [9.17, 15) is 0 Å². The van der Waals surface area contributed by atoms with E-state index in [1.165, 1.54) is 18.0 Å². The predicted octanol–water partition coefficient (Wildman–Crippen LogP) is 0.399. The van der Waals surface area contributed by atoms with E-state index in [0.717, 1.165) is 5.03 Å². The maximum Gasteiger partial charge on any atom is 0.101 e. The third kappa shape index (κ3) is 3.34. The van der Waals surface area contributed by atoms with Gasteiger partial charge in [-0.25, -0.2) is 4.98 Å². The molecular formula is C9H10N2O2S. The smallest absolute Gasteiger partial charge is 0.101 e. The van der Waals surface area contributed by atoms with Crippen molar-refractivity contribution in [2.24, 2.45) is 0 Å². The van der Waals surface area contributed by atoms with Gasteiger partial charge in [0.2, 0.25) is 0 Å². The molecule has 0 aromatic carbocycles. The summed E-state index contributed by atoms with van der Waals surface area (Å²) < 4.78 is 0. The molecular weight excluding hydrogens is 200 g/mol. The van der Waals surface area contributed by atoms with Crippen molar-refractivity contribution in [2.75, 3.05) is 12.4 Å². The van der Waals surface area contributed by atoms with Gasteiger partial charge in [-0.05, 0) is 12.1 Å². The van der Waals surface area contributed by atoms with Gasteiger partial charge in [0.05, 0.1) is 23.3 Å². The second-order valence-corrected chi connectivity index (χ2v) is 3.68. The molecule has 0 aliphatic carbocycles. The van der Waals surface area contributed by atoms with Gasteiger partial charge in [-0.2, -0.15) is 5.26 Å². The van der Waals surface area contributed by atoms with Crippen LogP contribution in [-0.2, 0) is 0 Å². The lowest BCUT2D eigenvalue weighted by atomic mass is 10.3. The number of aliphatic hydroxyl groups excluding tert-OH is 2. The molecule has 0 spiro atoms. The van der Waals surface area contributed by atoms with Crippen molar-refractivity contribution in [2.45, 2.75) is 11.1 Å². The first kappa shape index (κ1) is 11.0. The molecule has 14 heavy (non-hydrogen) atoms. The molecule has 0 fully saturated rings. The fraction of sp³-hybridized carbons (Fsp3) is 0.333. The fourth-order valence-corrected chi connectivity index (χ4v) is 1.53. The van der Waals surface area contributed by atoms with Crippen LogP contribution in [0.3, 0.4) is 0 Å². The maximum atomic E-state index is 9.07. The van der Waals surface area contributed by atoms with Gasteiger partial charge in [-0.15, -0.1) is 11.8 Å². The Labute approximate surface area is 86.2 Å². The quantitative estimate of drug-likeness (QED) is 0.703. The normalized spacial score (nSPS) is 12.1. The summed E-state index contributed by atoms with van der Waals surface area (Å²) in [7, 11) is 0. The summed E-state index contributed by atoms with van der Waals surface area (Å²) in [4.78, 5) is 4.00. The minimum atomic E-state index is -0.725. The monoisotopic (exact) mass is 210 g/mol. The number of aliphatic hydroxyl groups is 2. The number of nitrogens with zero attached hydrogens (tertiary/aromatic N) is 2. The van der Waals surface area contributed by atoms with E-state index in [1.54, 1.807) is 12.1 Å². The van der Waals surface area contributed by atoms with Gasteiger partial charge in [0.15, 0.2) is 0 Å². The van der Waals surface area contributed by atoms with Crippen LogP contribution in [0.15, 0.2) is 23.4 Å². The topological polar surface area (TPSA) is 77.1 Å². The van der Waals surface area contributed by atoms with Crippen molar-refractivity contribution in [1.82, 2.24) is 4.98 Å². The Morgan fingerprint density at radius 1 is 1.57 bits per heavy atom.